The van der Waals surface area contributed by atoms with E-state index in [1.807, 2.05) is 0 Å². The van der Waals surface area contributed by atoms with Crippen LogP contribution in [0.25, 0.3) is 0 Å². The number of nitrogens with one attached hydrogen (secondary N) is 1. The predicted molar refractivity (Wildman–Crippen MR) is 78.0 cm³/mol. The van der Waals surface area contributed by atoms with E-state index in [0.717, 1.165) is 25.5 Å². The fraction of sp³-hybridized carbons (Fsp3) is 1.00. The lowest BCUT2D eigenvalue weighted by Gasteiger charge is -2.37. The molecule has 1 aliphatic carbocycles. The summed E-state index contributed by atoms with van der Waals surface area (Å²) in [7, 11) is 2.20. The van der Waals surface area contributed by atoms with Gasteiger partial charge in [-0.05, 0) is 32.2 Å². The minimum atomic E-state index is 0.511. The Hall–Kier alpha value is -0.120. The molecule has 0 saturated heterocycles. The molecular weight excluding hydrogens is 224 g/mol. The maximum atomic E-state index is 5.88. The molecule has 1 saturated carbocycles. The summed E-state index contributed by atoms with van der Waals surface area (Å²) in [6.45, 7) is 12.2. The van der Waals surface area contributed by atoms with Crippen molar-refractivity contribution in [1.82, 2.24) is 10.2 Å². The summed E-state index contributed by atoms with van der Waals surface area (Å²) < 4.78 is 5.88. The van der Waals surface area contributed by atoms with Crippen molar-refractivity contribution in [2.45, 2.75) is 65.1 Å². The van der Waals surface area contributed by atoms with Gasteiger partial charge >= 0.3 is 0 Å². The van der Waals surface area contributed by atoms with E-state index in [9.17, 15) is 0 Å². The minimum Gasteiger partial charge on any atom is -0.378 e. The van der Waals surface area contributed by atoms with Crippen molar-refractivity contribution in [3.63, 3.8) is 0 Å². The first-order valence-electron chi connectivity index (χ1n) is 7.53. The molecule has 0 aromatic rings. The number of nitrogens with zero attached hydrogens (tertiary/aromatic N) is 1. The first-order chi connectivity index (χ1) is 8.47. The Balaban J connectivity index is 1.91. The van der Waals surface area contributed by atoms with Crippen LogP contribution in [0, 0.1) is 5.92 Å². The van der Waals surface area contributed by atoms with Gasteiger partial charge in [-0.3, -0.25) is 0 Å². The molecule has 1 rings (SSSR count). The second kappa shape index (κ2) is 8.13. The van der Waals surface area contributed by atoms with E-state index in [-0.39, 0.29) is 0 Å². The molecule has 0 unspecified atom stereocenters. The zero-order valence-corrected chi connectivity index (χ0v) is 12.9. The third kappa shape index (κ3) is 6.72. The van der Waals surface area contributed by atoms with Crippen molar-refractivity contribution in [2.75, 3.05) is 26.7 Å². The monoisotopic (exact) mass is 256 g/mol. The second-order valence-corrected chi connectivity index (χ2v) is 6.49. The van der Waals surface area contributed by atoms with E-state index in [2.05, 4.69) is 45.0 Å². The molecule has 1 aliphatic rings. The molecule has 0 spiro atoms. The van der Waals surface area contributed by atoms with Crippen LogP contribution in [0.3, 0.4) is 0 Å². The first-order valence-corrected chi connectivity index (χ1v) is 7.53. The maximum absolute atomic E-state index is 5.88. The van der Waals surface area contributed by atoms with E-state index < -0.39 is 0 Å². The van der Waals surface area contributed by atoms with Gasteiger partial charge in [0.2, 0.25) is 0 Å². The van der Waals surface area contributed by atoms with Crippen molar-refractivity contribution in [3.8, 4) is 0 Å². The summed E-state index contributed by atoms with van der Waals surface area (Å²) in [5.74, 6) is 0.755. The molecule has 0 heterocycles. The topological polar surface area (TPSA) is 24.5 Å². The van der Waals surface area contributed by atoms with Gasteiger partial charge in [0, 0.05) is 31.8 Å². The molecule has 0 aromatic carbocycles. The van der Waals surface area contributed by atoms with Gasteiger partial charge in [-0.1, -0.05) is 27.7 Å². The van der Waals surface area contributed by atoms with Crippen molar-refractivity contribution in [1.29, 1.82) is 0 Å². The Kier molecular flexibility index (Phi) is 7.20. The highest BCUT2D eigenvalue weighted by atomic mass is 16.5. The van der Waals surface area contributed by atoms with Crippen molar-refractivity contribution in [2.24, 2.45) is 5.92 Å². The van der Waals surface area contributed by atoms with Gasteiger partial charge in [0.25, 0.3) is 0 Å². The van der Waals surface area contributed by atoms with Crippen LogP contribution in [0.2, 0.25) is 0 Å². The third-order valence-corrected chi connectivity index (χ3v) is 3.38. The lowest BCUT2D eigenvalue weighted by atomic mass is 9.89. The van der Waals surface area contributed by atoms with Crippen LogP contribution < -0.4 is 5.32 Å². The average molecular weight is 256 g/mol. The Bertz CT molecular complexity index is 213. The summed E-state index contributed by atoms with van der Waals surface area (Å²) in [6, 6.07) is 1.29. The quantitative estimate of drug-likeness (QED) is 0.642. The smallest absolute Gasteiger partial charge is 0.0604 e. The van der Waals surface area contributed by atoms with Gasteiger partial charge in [-0.15, -0.1) is 0 Å². The van der Waals surface area contributed by atoms with Crippen molar-refractivity contribution in [3.05, 3.63) is 0 Å². The van der Waals surface area contributed by atoms with E-state index in [1.54, 1.807) is 0 Å². The minimum absolute atomic E-state index is 0.511. The van der Waals surface area contributed by atoms with E-state index in [0.29, 0.717) is 18.2 Å². The molecule has 1 N–H and O–H groups in total. The van der Waals surface area contributed by atoms with E-state index in [1.165, 1.54) is 19.4 Å². The lowest BCUT2D eigenvalue weighted by molar-refractivity contribution is -0.0206. The number of rotatable bonds is 9. The summed E-state index contributed by atoms with van der Waals surface area (Å²) in [5.41, 5.74) is 0. The highest BCUT2D eigenvalue weighted by Gasteiger charge is 2.29. The van der Waals surface area contributed by atoms with Gasteiger partial charge in [0.05, 0.1) is 6.10 Å². The number of hydrogen-bond acceptors (Lipinski definition) is 3. The number of ether oxygens (including phenoxy) is 1. The molecule has 0 amide bonds. The second-order valence-electron chi connectivity index (χ2n) is 6.49. The Morgan fingerprint density at radius 3 is 2.44 bits per heavy atom. The molecule has 1 fully saturated rings. The highest BCUT2D eigenvalue weighted by molar-refractivity contribution is 4.86. The highest BCUT2D eigenvalue weighted by Crippen LogP contribution is 2.23. The standard InChI is InChI=1S/C15H32N2O/c1-12(2)11-17(5)7-6-8-18-15-9-14(10-15)16-13(3)4/h12-16H,6-11H2,1-5H3. The normalized spacial score (nSPS) is 24.0. The molecule has 0 radical (unpaired) electrons. The number of hydrogen-bond donors (Lipinski definition) is 1. The predicted octanol–water partition coefficient (Wildman–Crippen LogP) is 2.51. The van der Waals surface area contributed by atoms with Gasteiger partial charge in [-0.25, -0.2) is 0 Å². The molecule has 108 valence electrons. The molecule has 3 heteroatoms. The van der Waals surface area contributed by atoms with Crippen LogP contribution in [-0.4, -0.2) is 49.8 Å². The van der Waals surface area contributed by atoms with E-state index in [4.69, 9.17) is 4.74 Å². The Morgan fingerprint density at radius 2 is 1.89 bits per heavy atom. The Morgan fingerprint density at radius 1 is 1.22 bits per heavy atom. The summed E-state index contributed by atoms with van der Waals surface area (Å²) in [4.78, 5) is 2.40. The molecule has 0 aliphatic heterocycles. The molecule has 0 atom stereocenters. The van der Waals surface area contributed by atoms with Gasteiger partial charge in [0.1, 0.15) is 0 Å². The van der Waals surface area contributed by atoms with Crippen LogP contribution >= 0.6 is 0 Å². The fourth-order valence-electron chi connectivity index (χ4n) is 2.61. The van der Waals surface area contributed by atoms with Crippen LogP contribution in [-0.2, 0) is 4.74 Å². The van der Waals surface area contributed by atoms with Crippen molar-refractivity contribution >= 4 is 0 Å². The molecule has 0 bridgehead atoms. The van der Waals surface area contributed by atoms with E-state index >= 15 is 0 Å². The van der Waals surface area contributed by atoms with Crippen LogP contribution in [0.1, 0.15) is 47.0 Å². The molecule has 3 nitrogen and oxygen atoms in total. The molecule has 18 heavy (non-hydrogen) atoms. The van der Waals surface area contributed by atoms with Gasteiger partial charge < -0.3 is 15.0 Å². The maximum Gasteiger partial charge on any atom is 0.0604 e. The molecule has 0 aromatic heterocycles. The van der Waals surface area contributed by atoms with Crippen molar-refractivity contribution < 1.29 is 4.74 Å². The van der Waals surface area contributed by atoms with Crippen LogP contribution in [0.5, 0.6) is 0 Å². The summed E-state index contributed by atoms with van der Waals surface area (Å²) >= 11 is 0. The Labute approximate surface area is 113 Å². The largest absolute Gasteiger partial charge is 0.378 e. The van der Waals surface area contributed by atoms with Gasteiger partial charge in [0.15, 0.2) is 0 Å². The summed E-state index contributed by atoms with van der Waals surface area (Å²) in [6.07, 6.45) is 4.05. The SMILES string of the molecule is CC(C)CN(C)CCCOC1CC(NC(C)C)C1. The summed E-state index contributed by atoms with van der Waals surface area (Å²) in [5, 5.41) is 3.55. The van der Waals surface area contributed by atoms with Crippen LogP contribution in [0.15, 0.2) is 0 Å². The van der Waals surface area contributed by atoms with Crippen LogP contribution in [0.4, 0.5) is 0 Å². The zero-order valence-electron chi connectivity index (χ0n) is 12.9. The lowest BCUT2D eigenvalue weighted by Crippen LogP contribution is -2.48. The third-order valence-electron chi connectivity index (χ3n) is 3.38. The zero-order chi connectivity index (χ0) is 13.5. The average Bonchev–Trinajstić information content (AvgIpc) is 2.18. The van der Waals surface area contributed by atoms with Gasteiger partial charge in [-0.2, -0.15) is 0 Å². The fourth-order valence-corrected chi connectivity index (χ4v) is 2.61. The molecular formula is C15H32N2O. The first kappa shape index (κ1) is 15.9.